The summed E-state index contributed by atoms with van der Waals surface area (Å²) in [7, 11) is 0. The number of carbonyl (C=O) groups excluding carboxylic acids is 1. The molecule has 6 heteroatoms. The van der Waals surface area contributed by atoms with E-state index in [9.17, 15) is 4.79 Å². The monoisotopic (exact) mass is 371 g/mol. The summed E-state index contributed by atoms with van der Waals surface area (Å²) < 4.78 is 5.74. The SMILES string of the molecule is Cc1cccc(-c2nnc(SCC(=O)N3CCC[C@@H]4CCCC[C@H]43)o2)c1. The molecule has 4 rings (SSSR count). The van der Waals surface area contributed by atoms with Crippen LogP contribution < -0.4 is 0 Å². The van der Waals surface area contributed by atoms with Gasteiger partial charge in [0.25, 0.3) is 5.22 Å². The fourth-order valence-corrected chi connectivity index (χ4v) is 4.95. The van der Waals surface area contributed by atoms with Gasteiger partial charge in [-0.2, -0.15) is 0 Å². The highest BCUT2D eigenvalue weighted by molar-refractivity contribution is 7.99. The molecule has 1 aromatic heterocycles. The quantitative estimate of drug-likeness (QED) is 0.749. The van der Waals surface area contributed by atoms with Crippen LogP contribution in [0, 0.1) is 12.8 Å². The van der Waals surface area contributed by atoms with E-state index in [1.165, 1.54) is 43.9 Å². The zero-order chi connectivity index (χ0) is 17.9. The highest BCUT2D eigenvalue weighted by Gasteiger charge is 2.35. The van der Waals surface area contributed by atoms with Crippen molar-refractivity contribution >= 4 is 17.7 Å². The van der Waals surface area contributed by atoms with E-state index in [0.29, 0.717) is 28.8 Å². The van der Waals surface area contributed by atoms with Gasteiger partial charge < -0.3 is 9.32 Å². The summed E-state index contributed by atoms with van der Waals surface area (Å²) >= 11 is 1.35. The van der Waals surface area contributed by atoms with Crippen molar-refractivity contribution in [3.63, 3.8) is 0 Å². The molecule has 1 saturated carbocycles. The topological polar surface area (TPSA) is 59.2 Å². The van der Waals surface area contributed by atoms with Crippen molar-refractivity contribution in [2.45, 2.75) is 56.7 Å². The minimum atomic E-state index is 0.210. The molecule has 2 fully saturated rings. The molecule has 1 amide bonds. The number of amides is 1. The summed E-state index contributed by atoms with van der Waals surface area (Å²) in [5.74, 6) is 1.80. The maximum absolute atomic E-state index is 12.8. The Balaban J connectivity index is 1.37. The van der Waals surface area contributed by atoms with E-state index in [2.05, 4.69) is 15.1 Å². The summed E-state index contributed by atoms with van der Waals surface area (Å²) in [5, 5.41) is 8.68. The van der Waals surface area contributed by atoms with Gasteiger partial charge in [0.1, 0.15) is 0 Å². The number of hydrogen-bond donors (Lipinski definition) is 0. The third-order valence-corrected chi connectivity index (χ3v) is 6.36. The van der Waals surface area contributed by atoms with Crippen molar-refractivity contribution in [3.05, 3.63) is 29.8 Å². The summed E-state index contributed by atoms with van der Waals surface area (Å²) in [5.41, 5.74) is 2.06. The van der Waals surface area contributed by atoms with Crippen molar-refractivity contribution in [3.8, 4) is 11.5 Å². The predicted octanol–water partition coefficient (Wildman–Crippen LogP) is 4.32. The first-order valence-electron chi connectivity index (χ1n) is 9.53. The molecule has 1 aliphatic heterocycles. The molecule has 0 bridgehead atoms. The molecule has 1 aromatic carbocycles. The first-order chi connectivity index (χ1) is 12.7. The Kier molecular flexibility index (Phi) is 5.29. The number of carbonyl (C=O) groups is 1. The molecule has 1 saturated heterocycles. The Morgan fingerprint density at radius 2 is 2.08 bits per heavy atom. The van der Waals surface area contributed by atoms with E-state index in [1.807, 2.05) is 31.2 Å². The average Bonchev–Trinajstić information content (AvgIpc) is 3.15. The Hall–Kier alpha value is -1.82. The Morgan fingerprint density at radius 1 is 1.23 bits per heavy atom. The molecular formula is C20H25N3O2S. The average molecular weight is 372 g/mol. The summed E-state index contributed by atoms with van der Waals surface area (Å²) in [6.07, 6.45) is 7.44. The smallest absolute Gasteiger partial charge is 0.277 e. The lowest BCUT2D eigenvalue weighted by Crippen LogP contribution is -2.50. The van der Waals surface area contributed by atoms with E-state index in [1.54, 1.807) is 0 Å². The molecule has 0 spiro atoms. The second-order valence-corrected chi connectivity index (χ2v) is 8.30. The van der Waals surface area contributed by atoms with E-state index < -0.39 is 0 Å². The van der Waals surface area contributed by atoms with Crippen LogP contribution in [0.3, 0.4) is 0 Å². The number of hydrogen-bond acceptors (Lipinski definition) is 5. The van der Waals surface area contributed by atoms with Crippen LogP contribution in [0.1, 0.15) is 44.1 Å². The molecule has 2 aliphatic rings. The first kappa shape index (κ1) is 17.6. The minimum Gasteiger partial charge on any atom is -0.411 e. The van der Waals surface area contributed by atoms with Crippen LogP contribution in [-0.4, -0.2) is 39.3 Å². The maximum Gasteiger partial charge on any atom is 0.277 e. The lowest BCUT2D eigenvalue weighted by atomic mass is 9.78. The zero-order valence-corrected chi connectivity index (χ0v) is 16.0. The Labute approximate surface area is 158 Å². The molecule has 0 N–H and O–H groups in total. The van der Waals surface area contributed by atoms with Gasteiger partial charge in [-0.15, -0.1) is 10.2 Å². The maximum atomic E-state index is 12.8. The molecular weight excluding hydrogens is 346 g/mol. The fraction of sp³-hybridized carbons (Fsp3) is 0.550. The number of aryl methyl sites for hydroxylation is 1. The fourth-order valence-electron chi connectivity index (χ4n) is 4.30. The zero-order valence-electron chi connectivity index (χ0n) is 15.2. The number of thioether (sulfide) groups is 1. The van der Waals surface area contributed by atoms with E-state index >= 15 is 0 Å². The van der Waals surface area contributed by atoms with Crippen LogP contribution in [0.25, 0.3) is 11.5 Å². The minimum absolute atomic E-state index is 0.210. The number of fused-ring (bicyclic) bond motifs is 1. The molecule has 0 unspecified atom stereocenters. The van der Waals surface area contributed by atoms with Gasteiger partial charge in [0.05, 0.1) is 5.75 Å². The largest absolute Gasteiger partial charge is 0.411 e. The second kappa shape index (κ2) is 7.82. The van der Waals surface area contributed by atoms with Crippen molar-refractivity contribution in [2.24, 2.45) is 5.92 Å². The summed E-state index contributed by atoms with van der Waals surface area (Å²) in [6, 6.07) is 8.44. The van der Waals surface area contributed by atoms with Crippen LogP contribution >= 0.6 is 11.8 Å². The van der Waals surface area contributed by atoms with E-state index in [-0.39, 0.29) is 5.91 Å². The van der Waals surface area contributed by atoms with Crippen LogP contribution in [0.4, 0.5) is 0 Å². The normalized spacial score (nSPS) is 22.9. The van der Waals surface area contributed by atoms with Gasteiger partial charge in [0, 0.05) is 18.2 Å². The second-order valence-electron chi connectivity index (χ2n) is 7.37. The predicted molar refractivity (Wildman–Crippen MR) is 102 cm³/mol. The number of benzene rings is 1. The van der Waals surface area contributed by atoms with Crippen LogP contribution in [0.5, 0.6) is 0 Å². The molecule has 5 nitrogen and oxygen atoms in total. The number of likely N-dealkylation sites (tertiary alicyclic amines) is 1. The van der Waals surface area contributed by atoms with Crippen molar-refractivity contribution in [2.75, 3.05) is 12.3 Å². The molecule has 2 atom stereocenters. The summed E-state index contributed by atoms with van der Waals surface area (Å²) in [4.78, 5) is 14.9. The third-order valence-electron chi connectivity index (χ3n) is 5.55. The number of rotatable bonds is 4. The molecule has 138 valence electrons. The van der Waals surface area contributed by atoms with E-state index in [0.717, 1.165) is 24.1 Å². The van der Waals surface area contributed by atoms with Gasteiger partial charge in [-0.3, -0.25) is 4.79 Å². The van der Waals surface area contributed by atoms with Gasteiger partial charge in [-0.05, 0) is 50.7 Å². The van der Waals surface area contributed by atoms with Crippen molar-refractivity contribution in [1.29, 1.82) is 0 Å². The first-order valence-corrected chi connectivity index (χ1v) is 10.5. The number of aromatic nitrogens is 2. The molecule has 0 radical (unpaired) electrons. The van der Waals surface area contributed by atoms with Gasteiger partial charge in [0.15, 0.2) is 0 Å². The van der Waals surface area contributed by atoms with Crippen molar-refractivity contribution in [1.82, 2.24) is 15.1 Å². The van der Waals surface area contributed by atoms with Gasteiger partial charge in [-0.1, -0.05) is 42.3 Å². The van der Waals surface area contributed by atoms with E-state index in [4.69, 9.17) is 4.42 Å². The van der Waals surface area contributed by atoms with Gasteiger partial charge in [-0.25, -0.2) is 0 Å². The van der Waals surface area contributed by atoms with Crippen LogP contribution in [-0.2, 0) is 4.79 Å². The standard InChI is InChI=1S/C20H25N3O2S/c1-14-6-4-8-16(12-14)19-21-22-20(25-19)26-13-18(24)23-11-5-9-15-7-2-3-10-17(15)23/h4,6,8,12,15,17H,2-3,5,7,9-11,13H2,1H3/t15-,17+/m0/s1. The highest BCUT2D eigenvalue weighted by atomic mass is 32.2. The number of piperidine rings is 1. The number of nitrogens with zero attached hydrogens (tertiary/aromatic N) is 3. The van der Waals surface area contributed by atoms with Gasteiger partial charge in [0.2, 0.25) is 11.8 Å². The summed E-state index contributed by atoms with van der Waals surface area (Å²) in [6.45, 7) is 2.93. The Bertz CT molecular complexity index is 774. The highest BCUT2D eigenvalue weighted by Crippen LogP contribution is 2.35. The molecule has 2 heterocycles. The molecule has 1 aliphatic carbocycles. The Morgan fingerprint density at radius 3 is 2.96 bits per heavy atom. The van der Waals surface area contributed by atoms with Gasteiger partial charge >= 0.3 is 0 Å². The molecule has 2 aromatic rings. The lowest BCUT2D eigenvalue weighted by molar-refractivity contribution is -0.134. The molecule has 26 heavy (non-hydrogen) atoms. The van der Waals surface area contributed by atoms with Crippen molar-refractivity contribution < 1.29 is 9.21 Å². The third kappa shape index (κ3) is 3.80. The lowest BCUT2D eigenvalue weighted by Gasteiger charge is -2.44. The van der Waals surface area contributed by atoms with Crippen LogP contribution in [0.15, 0.2) is 33.9 Å². The van der Waals surface area contributed by atoms with Crippen LogP contribution in [0.2, 0.25) is 0 Å².